The molecule has 200 valence electrons. The zero-order valence-electron chi connectivity index (χ0n) is 20.7. The molecule has 2 aromatic carbocycles. The van der Waals surface area contributed by atoms with Crippen LogP contribution >= 0.6 is 11.6 Å². The number of aromatic amines is 1. The molecule has 38 heavy (non-hydrogen) atoms. The van der Waals surface area contributed by atoms with Crippen LogP contribution in [0.1, 0.15) is 41.2 Å². The predicted octanol–water partition coefficient (Wildman–Crippen LogP) is 4.96. The van der Waals surface area contributed by atoms with Crippen LogP contribution in [0.15, 0.2) is 36.5 Å². The third kappa shape index (κ3) is 7.50. The molecule has 0 fully saturated rings. The number of anilines is 1. The lowest BCUT2D eigenvalue weighted by atomic mass is 10.1. The van der Waals surface area contributed by atoms with E-state index in [1.165, 1.54) is 36.5 Å². The SMILES string of the molecule is CC(C)CCOCCNC(=O)c1ccc(NC(=O)c2ncc(-c3ccc(OCC#N)c(F)c3F)[nH]2)cc1Cl. The fourth-order valence-electron chi connectivity index (χ4n) is 3.26. The molecule has 0 radical (unpaired) electrons. The molecule has 1 heterocycles. The number of benzene rings is 2. The van der Waals surface area contributed by atoms with Crippen molar-refractivity contribution in [2.45, 2.75) is 20.3 Å². The van der Waals surface area contributed by atoms with Gasteiger partial charge in [-0.3, -0.25) is 9.59 Å². The summed E-state index contributed by atoms with van der Waals surface area (Å²) in [5, 5.41) is 14.0. The lowest BCUT2D eigenvalue weighted by molar-refractivity contribution is 0.0905. The molecule has 9 nitrogen and oxygen atoms in total. The number of imidazole rings is 1. The third-order valence-electron chi connectivity index (χ3n) is 5.26. The number of nitriles is 1. The normalized spacial score (nSPS) is 10.8. The van der Waals surface area contributed by atoms with Crippen molar-refractivity contribution in [2.24, 2.45) is 5.92 Å². The summed E-state index contributed by atoms with van der Waals surface area (Å²) in [6, 6.07) is 8.45. The summed E-state index contributed by atoms with van der Waals surface area (Å²) in [4.78, 5) is 31.6. The first-order chi connectivity index (χ1) is 18.2. The highest BCUT2D eigenvalue weighted by Gasteiger charge is 2.19. The van der Waals surface area contributed by atoms with Crippen LogP contribution < -0.4 is 15.4 Å². The zero-order valence-corrected chi connectivity index (χ0v) is 21.5. The van der Waals surface area contributed by atoms with Gasteiger partial charge in [-0.05, 0) is 42.7 Å². The van der Waals surface area contributed by atoms with Crippen LogP contribution in [-0.2, 0) is 4.74 Å². The fourth-order valence-corrected chi connectivity index (χ4v) is 3.52. The molecule has 0 atom stereocenters. The molecule has 0 saturated heterocycles. The number of rotatable bonds is 12. The van der Waals surface area contributed by atoms with Gasteiger partial charge in [0.2, 0.25) is 5.82 Å². The maximum Gasteiger partial charge on any atom is 0.291 e. The minimum absolute atomic E-state index is 0.0524. The molecular formula is C26H26ClF2N5O4. The molecule has 0 bridgehead atoms. The predicted molar refractivity (Wildman–Crippen MR) is 137 cm³/mol. The van der Waals surface area contributed by atoms with E-state index in [0.717, 1.165) is 6.42 Å². The van der Waals surface area contributed by atoms with E-state index in [0.29, 0.717) is 31.4 Å². The highest BCUT2D eigenvalue weighted by Crippen LogP contribution is 2.29. The van der Waals surface area contributed by atoms with Crippen molar-refractivity contribution in [3.05, 3.63) is 64.6 Å². The Morgan fingerprint density at radius 2 is 1.95 bits per heavy atom. The molecular weight excluding hydrogens is 520 g/mol. The van der Waals surface area contributed by atoms with Gasteiger partial charge in [0.15, 0.2) is 24.0 Å². The van der Waals surface area contributed by atoms with Gasteiger partial charge < -0.3 is 25.1 Å². The Hall–Kier alpha value is -4.01. The maximum absolute atomic E-state index is 14.5. The highest BCUT2D eigenvalue weighted by atomic mass is 35.5. The number of amides is 2. The van der Waals surface area contributed by atoms with Gasteiger partial charge in [0.05, 0.1) is 29.1 Å². The Bertz CT molecular complexity index is 1340. The third-order valence-corrected chi connectivity index (χ3v) is 5.58. The van der Waals surface area contributed by atoms with Crippen molar-refractivity contribution in [3.63, 3.8) is 0 Å². The van der Waals surface area contributed by atoms with Crippen molar-refractivity contribution in [3.8, 4) is 23.1 Å². The second kappa shape index (κ2) is 13.5. The highest BCUT2D eigenvalue weighted by molar-refractivity contribution is 6.34. The monoisotopic (exact) mass is 545 g/mol. The second-order valence-electron chi connectivity index (χ2n) is 8.53. The number of ether oxygens (including phenoxy) is 2. The van der Waals surface area contributed by atoms with Crippen LogP contribution in [0.3, 0.4) is 0 Å². The van der Waals surface area contributed by atoms with Crippen LogP contribution in [0.4, 0.5) is 14.5 Å². The minimum atomic E-state index is -1.27. The average molecular weight is 546 g/mol. The Kier molecular flexibility index (Phi) is 10.2. The first kappa shape index (κ1) is 28.6. The summed E-state index contributed by atoms with van der Waals surface area (Å²) in [5.74, 6) is -3.57. The Labute approximate surface area is 223 Å². The van der Waals surface area contributed by atoms with E-state index in [4.69, 9.17) is 26.3 Å². The Balaban J connectivity index is 1.60. The smallest absolute Gasteiger partial charge is 0.291 e. The van der Waals surface area contributed by atoms with Crippen LogP contribution in [0.5, 0.6) is 5.75 Å². The van der Waals surface area contributed by atoms with Crippen LogP contribution in [0, 0.1) is 28.9 Å². The van der Waals surface area contributed by atoms with Crippen molar-refractivity contribution in [1.29, 1.82) is 5.26 Å². The molecule has 3 aromatic rings. The first-order valence-electron chi connectivity index (χ1n) is 11.7. The van der Waals surface area contributed by atoms with Gasteiger partial charge in [0.1, 0.15) is 6.07 Å². The standard InChI is InChI=1S/C26H26ClF2N5O4/c1-15(2)7-10-37-12-9-31-25(35)17-4-3-16(13-19(17)27)33-26(36)24-32-14-20(34-24)18-5-6-21(38-11-8-30)23(29)22(18)28/h3-6,13-15H,7,9-12H2,1-2H3,(H,31,35)(H,32,34)(H,33,36). The lowest BCUT2D eigenvalue weighted by Crippen LogP contribution is -2.27. The molecule has 12 heteroatoms. The van der Waals surface area contributed by atoms with Crippen LogP contribution in [-0.4, -0.2) is 48.1 Å². The van der Waals surface area contributed by atoms with Gasteiger partial charge in [-0.15, -0.1) is 0 Å². The van der Waals surface area contributed by atoms with Gasteiger partial charge in [0.25, 0.3) is 11.8 Å². The topological polar surface area (TPSA) is 129 Å². The minimum Gasteiger partial charge on any atom is -0.476 e. The molecule has 3 N–H and O–H groups in total. The van der Waals surface area contributed by atoms with Crippen LogP contribution in [0.25, 0.3) is 11.3 Å². The van der Waals surface area contributed by atoms with E-state index >= 15 is 0 Å². The number of nitrogens with zero attached hydrogens (tertiary/aromatic N) is 2. The average Bonchev–Trinajstić information content (AvgIpc) is 3.37. The zero-order chi connectivity index (χ0) is 27.7. The Morgan fingerprint density at radius 1 is 1.16 bits per heavy atom. The maximum atomic E-state index is 14.5. The van der Waals surface area contributed by atoms with Gasteiger partial charge in [-0.1, -0.05) is 25.4 Å². The molecule has 0 unspecified atom stereocenters. The number of aromatic nitrogens is 2. The molecule has 0 aliphatic carbocycles. The number of nitrogens with one attached hydrogen (secondary N) is 3. The summed E-state index contributed by atoms with van der Waals surface area (Å²) in [6.07, 6.45) is 2.12. The van der Waals surface area contributed by atoms with E-state index in [2.05, 4.69) is 34.4 Å². The number of carbonyl (C=O) groups excluding carboxylic acids is 2. The molecule has 0 saturated carbocycles. The number of hydrogen-bond acceptors (Lipinski definition) is 6. The van der Waals surface area contributed by atoms with E-state index in [1.807, 2.05) is 0 Å². The van der Waals surface area contributed by atoms with Crippen molar-refractivity contribution in [2.75, 3.05) is 31.7 Å². The summed E-state index contributed by atoms with van der Waals surface area (Å²) in [5.41, 5.74) is 0.397. The molecule has 0 aliphatic rings. The quantitative estimate of drug-likeness (QED) is 0.276. The molecule has 2 amide bonds. The number of hydrogen-bond donors (Lipinski definition) is 3. The second-order valence-corrected chi connectivity index (χ2v) is 8.94. The largest absolute Gasteiger partial charge is 0.476 e. The summed E-state index contributed by atoms with van der Waals surface area (Å²) in [6.45, 7) is 5.09. The van der Waals surface area contributed by atoms with Crippen LogP contribution in [0.2, 0.25) is 5.02 Å². The van der Waals surface area contributed by atoms with Gasteiger partial charge in [-0.2, -0.15) is 9.65 Å². The number of halogens is 3. The van der Waals surface area contributed by atoms with Crippen molar-refractivity contribution in [1.82, 2.24) is 15.3 Å². The van der Waals surface area contributed by atoms with E-state index in [1.54, 1.807) is 6.07 Å². The molecule has 3 rings (SSSR count). The number of H-pyrrole nitrogens is 1. The molecule has 1 aromatic heterocycles. The van der Waals surface area contributed by atoms with Gasteiger partial charge in [0, 0.05) is 24.4 Å². The molecule has 0 aliphatic heterocycles. The van der Waals surface area contributed by atoms with E-state index in [9.17, 15) is 18.4 Å². The van der Waals surface area contributed by atoms with Crippen molar-refractivity contribution >= 4 is 29.1 Å². The van der Waals surface area contributed by atoms with Crippen molar-refractivity contribution < 1.29 is 27.8 Å². The summed E-state index contributed by atoms with van der Waals surface area (Å²) in [7, 11) is 0. The van der Waals surface area contributed by atoms with E-state index < -0.39 is 29.9 Å². The fraction of sp³-hybridized carbons (Fsp3) is 0.308. The van der Waals surface area contributed by atoms with Gasteiger partial charge >= 0.3 is 0 Å². The van der Waals surface area contributed by atoms with E-state index in [-0.39, 0.29) is 33.6 Å². The first-order valence-corrected chi connectivity index (χ1v) is 12.1. The Morgan fingerprint density at radius 3 is 2.66 bits per heavy atom. The lowest BCUT2D eigenvalue weighted by Gasteiger charge is -2.10. The summed E-state index contributed by atoms with van der Waals surface area (Å²) < 4.78 is 39.0. The number of carbonyl (C=O) groups is 2. The van der Waals surface area contributed by atoms with Gasteiger partial charge in [-0.25, -0.2) is 9.37 Å². The summed E-state index contributed by atoms with van der Waals surface area (Å²) >= 11 is 6.24. The molecule has 0 spiro atoms.